The number of nitrogen functional groups attached to an aromatic ring is 1. The van der Waals surface area contributed by atoms with E-state index in [0.29, 0.717) is 5.82 Å². The standard InChI is InChI=1S/C7H11N7O2S/c1-14(3-6-9-4-11-12-6)17(15,16)5-2-10-13-7(5)8/h2,4H,3H2,1H3,(H3,8,10,13)(H,9,11,12). The Balaban J connectivity index is 2.25. The summed E-state index contributed by atoms with van der Waals surface area (Å²) in [7, 11) is -2.25. The predicted molar refractivity (Wildman–Crippen MR) is 58.0 cm³/mol. The second kappa shape index (κ2) is 4.14. The highest BCUT2D eigenvalue weighted by Gasteiger charge is 2.25. The Morgan fingerprint density at radius 1 is 1.41 bits per heavy atom. The number of hydrogen-bond acceptors (Lipinski definition) is 6. The van der Waals surface area contributed by atoms with Crippen LogP contribution in [0, 0.1) is 0 Å². The van der Waals surface area contributed by atoms with Crippen LogP contribution in [0.15, 0.2) is 17.4 Å². The molecular weight excluding hydrogens is 246 g/mol. The quantitative estimate of drug-likeness (QED) is 0.638. The van der Waals surface area contributed by atoms with Gasteiger partial charge in [0.2, 0.25) is 10.0 Å². The summed E-state index contributed by atoms with van der Waals surface area (Å²) < 4.78 is 25.2. The molecule has 2 aromatic heterocycles. The predicted octanol–water partition coefficient (Wildman–Crippen LogP) is -1.07. The van der Waals surface area contributed by atoms with Gasteiger partial charge in [0.15, 0.2) is 0 Å². The van der Waals surface area contributed by atoms with E-state index in [-0.39, 0.29) is 17.3 Å². The van der Waals surface area contributed by atoms with E-state index in [4.69, 9.17) is 5.73 Å². The highest BCUT2D eigenvalue weighted by molar-refractivity contribution is 7.89. The molecule has 92 valence electrons. The first-order chi connectivity index (χ1) is 8.01. The van der Waals surface area contributed by atoms with Crippen LogP contribution in [0.3, 0.4) is 0 Å². The number of H-pyrrole nitrogens is 2. The van der Waals surface area contributed by atoms with Crippen LogP contribution >= 0.6 is 0 Å². The maximum Gasteiger partial charge on any atom is 0.248 e. The van der Waals surface area contributed by atoms with Crippen molar-refractivity contribution >= 4 is 15.8 Å². The largest absolute Gasteiger partial charge is 0.383 e. The molecule has 10 heteroatoms. The van der Waals surface area contributed by atoms with Crippen molar-refractivity contribution in [1.29, 1.82) is 0 Å². The monoisotopic (exact) mass is 257 g/mol. The summed E-state index contributed by atoms with van der Waals surface area (Å²) in [6.07, 6.45) is 2.48. The van der Waals surface area contributed by atoms with Crippen molar-refractivity contribution < 1.29 is 8.42 Å². The van der Waals surface area contributed by atoms with E-state index in [1.807, 2.05) is 0 Å². The Kier molecular flexibility index (Phi) is 2.81. The molecule has 2 rings (SSSR count). The third-order valence-corrected chi connectivity index (χ3v) is 3.99. The zero-order valence-corrected chi connectivity index (χ0v) is 9.77. The van der Waals surface area contributed by atoms with E-state index in [1.54, 1.807) is 0 Å². The third-order valence-electron chi connectivity index (χ3n) is 2.16. The third kappa shape index (κ3) is 2.12. The van der Waals surface area contributed by atoms with Gasteiger partial charge in [0.05, 0.1) is 12.7 Å². The van der Waals surface area contributed by atoms with Crippen molar-refractivity contribution in [3.05, 3.63) is 18.3 Å². The molecule has 0 atom stereocenters. The maximum absolute atomic E-state index is 12.1. The molecular formula is C7H11N7O2S. The van der Waals surface area contributed by atoms with Gasteiger partial charge in [-0.05, 0) is 0 Å². The van der Waals surface area contributed by atoms with Gasteiger partial charge in [-0.25, -0.2) is 13.4 Å². The Morgan fingerprint density at radius 3 is 2.71 bits per heavy atom. The van der Waals surface area contributed by atoms with Gasteiger partial charge >= 0.3 is 0 Å². The van der Waals surface area contributed by atoms with E-state index >= 15 is 0 Å². The summed E-state index contributed by atoms with van der Waals surface area (Å²) in [5.41, 5.74) is 5.48. The topological polar surface area (TPSA) is 134 Å². The number of nitrogens with zero attached hydrogens (tertiary/aromatic N) is 4. The van der Waals surface area contributed by atoms with Gasteiger partial charge in [0.25, 0.3) is 0 Å². The number of rotatable bonds is 4. The van der Waals surface area contributed by atoms with Crippen LogP contribution in [0.4, 0.5) is 5.82 Å². The molecule has 17 heavy (non-hydrogen) atoms. The molecule has 0 aliphatic heterocycles. The molecule has 0 saturated carbocycles. The molecule has 0 amide bonds. The summed E-state index contributed by atoms with van der Waals surface area (Å²) >= 11 is 0. The van der Waals surface area contributed by atoms with Crippen LogP contribution in [0.25, 0.3) is 0 Å². The SMILES string of the molecule is CN(Cc1ncn[nH]1)S(=O)(=O)c1cn[nH]c1N. The lowest BCUT2D eigenvalue weighted by atomic mass is 10.6. The fourth-order valence-electron chi connectivity index (χ4n) is 1.26. The Hall–Kier alpha value is -1.94. The summed E-state index contributed by atoms with van der Waals surface area (Å²) in [5.74, 6) is 0.451. The second-order valence-corrected chi connectivity index (χ2v) is 5.35. The molecule has 2 heterocycles. The lowest BCUT2D eigenvalue weighted by Crippen LogP contribution is -2.27. The van der Waals surface area contributed by atoms with Gasteiger partial charge in [-0.2, -0.15) is 14.5 Å². The molecule has 0 spiro atoms. The lowest BCUT2D eigenvalue weighted by Gasteiger charge is -2.14. The molecule has 0 radical (unpaired) electrons. The first kappa shape index (κ1) is 11.5. The van der Waals surface area contributed by atoms with Crippen LogP contribution in [0.1, 0.15) is 5.82 Å². The van der Waals surface area contributed by atoms with Crippen LogP contribution in [-0.2, 0) is 16.6 Å². The molecule has 0 aliphatic carbocycles. The zero-order valence-electron chi connectivity index (χ0n) is 8.95. The lowest BCUT2D eigenvalue weighted by molar-refractivity contribution is 0.457. The molecule has 0 bridgehead atoms. The van der Waals surface area contributed by atoms with Crippen molar-refractivity contribution in [2.24, 2.45) is 0 Å². The van der Waals surface area contributed by atoms with Crippen molar-refractivity contribution in [2.45, 2.75) is 11.4 Å². The highest BCUT2D eigenvalue weighted by Crippen LogP contribution is 2.19. The molecule has 4 N–H and O–H groups in total. The van der Waals surface area contributed by atoms with E-state index in [1.165, 1.54) is 19.6 Å². The minimum atomic E-state index is -3.68. The normalized spacial score (nSPS) is 12.1. The summed E-state index contributed by atoms with van der Waals surface area (Å²) in [5, 5.41) is 12.2. The number of hydrogen-bond donors (Lipinski definition) is 3. The molecule has 0 aromatic carbocycles. The molecule has 0 unspecified atom stereocenters. The van der Waals surface area contributed by atoms with E-state index in [2.05, 4.69) is 25.4 Å². The van der Waals surface area contributed by atoms with Gasteiger partial charge in [-0.1, -0.05) is 0 Å². The number of sulfonamides is 1. The number of nitrogens with one attached hydrogen (secondary N) is 2. The molecule has 9 nitrogen and oxygen atoms in total. The van der Waals surface area contributed by atoms with Gasteiger partial charge in [-0.15, -0.1) is 0 Å². The van der Waals surface area contributed by atoms with Gasteiger partial charge < -0.3 is 5.73 Å². The number of aromatic nitrogens is 5. The van der Waals surface area contributed by atoms with E-state index in [0.717, 1.165) is 4.31 Å². The minimum Gasteiger partial charge on any atom is -0.383 e. The van der Waals surface area contributed by atoms with E-state index < -0.39 is 10.0 Å². The van der Waals surface area contributed by atoms with Gasteiger partial charge in [0.1, 0.15) is 22.9 Å². The number of aromatic amines is 2. The molecule has 0 saturated heterocycles. The summed E-state index contributed by atoms with van der Waals surface area (Å²) in [6.45, 7) is 0.0763. The highest BCUT2D eigenvalue weighted by atomic mass is 32.2. The number of anilines is 1. The van der Waals surface area contributed by atoms with Crippen molar-refractivity contribution in [3.63, 3.8) is 0 Å². The van der Waals surface area contributed by atoms with Gasteiger partial charge in [0, 0.05) is 7.05 Å². The fourth-order valence-corrected chi connectivity index (χ4v) is 2.40. The van der Waals surface area contributed by atoms with Crippen LogP contribution in [0.2, 0.25) is 0 Å². The molecule has 0 aliphatic rings. The number of nitrogens with two attached hydrogens (primary N) is 1. The Bertz CT molecular complexity index is 588. The average Bonchev–Trinajstić information content (AvgIpc) is 2.89. The van der Waals surface area contributed by atoms with Crippen LogP contribution in [-0.4, -0.2) is 45.1 Å². The summed E-state index contributed by atoms with van der Waals surface area (Å²) in [6, 6.07) is 0. The molecule has 0 fully saturated rings. The second-order valence-electron chi connectivity index (χ2n) is 3.34. The van der Waals surface area contributed by atoms with Gasteiger partial charge in [-0.3, -0.25) is 10.2 Å². The van der Waals surface area contributed by atoms with E-state index in [9.17, 15) is 8.42 Å². The first-order valence-corrected chi connectivity index (χ1v) is 6.05. The fraction of sp³-hybridized carbons (Fsp3) is 0.286. The van der Waals surface area contributed by atoms with Crippen molar-refractivity contribution in [3.8, 4) is 0 Å². The average molecular weight is 257 g/mol. The van der Waals surface area contributed by atoms with Crippen LogP contribution < -0.4 is 5.73 Å². The van der Waals surface area contributed by atoms with Crippen LogP contribution in [0.5, 0.6) is 0 Å². The Labute approximate surface area is 97.1 Å². The first-order valence-electron chi connectivity index (χ1n) is 4.61. The smallest absolute Gasteiger partial charge is 0.248 e. The zero-order chi connectivity index (χ0) is 12.5. The summed E-state index contributed by atoms with van der Waals surface area (Å²) in [4.78, 5) is 3.79. The maximum atomic E-state index is 12.1. The Morgan fingerprint density at radius 2 is 2.18 bits per heavy atom. The van der Waals surface area contributed by atoms with Crippen molar-refractivity contribution in [2.75, 3.05) is 12.8 Å². The minimum absolute atomic E-state index is 0.00872. The molecule has 2 aromatic rings. The van der Waals surface area contributed by atoms with Crippen molar-refractivity contribution in [1.82, 2.24) is 29.7 Å².